The number of H-pyrrole nitrogens is 1. The van der Waals surface area contributed by atoms with E-state index in [-0.39, 0.29) is 12.7 Å². The molecule has 3 rings (SSSR count). The Bertz CT molecular complexity index is 669. The highest BCUT2D eigenvalue weighted by Gasteiger charge is 2.47. The first-order valence-corrected chi connectivity index (χ1v) is 7.91. The average Bonchev–Trinajstić information content (AvgIpc) is 2.51. The molecular formula is C15H22N2O6. The van der Waals surface area contributed by atoms with Gasteiger partial charge in [0.05, 0.1) is 18.8 Å². The summed E-state index contributed by atoms with van der Waals surface area (Å²) in [6.07, 6.45) is 1.05. The SMILES string of the molecule is Cc1cn([C@@H]2C3CCCCO[C@H]2C(O)[C@@H](CO)O3)c(=O)[nH]c1=O. The highest BCUT2D eigenvalue weighted by Crippen LogP contribution is 2.35. The molecule has 0 saturated carbocycles. The van der Waals surface area contributed by atoms with Crippen LogP contribution in [0.25, 0.3) is 0 Å². The Morgan fingerprint density at radius 1 is 1.39 bits per heavy atom. The normalized spacial score (nSPS) is 34.7. The number of aliphatic hydroxyl groups excluding tert-OH is 2. The lowest BCUT2D eigenvalue weighted by Crippen LogP contribution is -2.59. The van der Waals surface area contributed by atoms with E-state index in [1.807, 2.05) is 0 Å². The van der Waals surface area contributed by atoms with Crippen LogP contribution in [-0.4, -0.2) is 57.4 Å². The molecule has 2 aliphatic rings. The second kappa shape index (κ2) is 6.56. The molecule has 3 heterocycles. The summed E-state index contributed by atoms with van der Waals surface area (Å²) in [4.78, 5) is 26.1. The minimum Gasteiger partial charge on any atom is -0.394 e. The number of nitrogens with zero attached hydrogens (tertiary/aromatic N) is 1. The summed E-state index contributed by atoms with van der Waals surface area (Å²) in [6.45, 7) is 1.77. The molecule has 1 aromatic rings. The van der Waals surface area contributed by atoms with Gasteiger partial charge in [0.1, 0.15) is 18.3 Å². The molecule has 2 saturated heterocycles. The zero-order valence-electron chi connectivity index (χ0n) is 13.0. The molecule has 2 bridgehead atoms. The van der Waals surface area contributed by atoms with Gasteiger partial charge in [-0.05, 0) is 26.2 Å². The van der Waals surface area contributed by atoms with Crippen molar-refractivity contribution in [3.8, 4) is 0 Å². The van der Waals surface area contributed by atoms with Gasteiger partial charge >= 0.3 is 5.69 Å². The van der Waals surface area contributed by atoms with Gasteiger partial charge in [0.2, 0.25) is 0 Å². The largest absolute Gasteiger partial charge is 0.394 e. The summed E-state index contributed by atoms with van der Waals surface area (Å²) in [6, 6.07) is -0.545. The number of hydrogen-bond donors (Lipinski definition) is 3. The van der Waals surface area contributed by atoms with E-state index in [2.05, 4.69) is 4.98 Å². The molecule has 0 radical (unpaired) electrons. The molecule has 5 atom stereocenters. The molecule has 0 aromatic carbocycles. The molecule has 0 amide bonds. The van der Waals surface area contributed by atoms with Crippen molar-refractivity contribution in [3.63, 3.8) is 0 Å². The van der Waals surface area contributed by atoms with Crippen LogP contribution in [0.4, 0.5) is 0 Å². The maximum absolute atomic E-state index is 12.2. The van der Waals surface area contributed by atoms with Gasteiger partial charge < -0.3 is 19.7 Å². The van der Waals surface area contributed by atoms with Gasteiger partial charge in [0.25, 0.3) is 5.56 Å². The number of aryl methyl sites for hydroxylation is 1. The van der Waals surface area contributed by atoms with Crippen LogP contribution < -0.4 is 11.2 Å². The number of aromatic nitrogens is 2. The maximum Gasteiger partial charge on any atom is 0.328 e. The highest BCUT2D eigenvalue weighted by molar-refractivity contribution is 5.05. The third-order valence-corrected chi connectivity index (χ3v) is 4.62. The second-order valence-electron chi connectivity index (χ2n) is 6.19. The molecule has 0 spiro atoms. The maximum atomic E-state index is 12.2. The van der Waals surface area contributed by atoms with E-state index in [0.29, 0.717) is 18.6 Å². The first-order chi connectivity index (χ1) is 11.0. The molecule has 3 N–H and O–H groups in total. The number of hydrogen-bond acceptors (Lipinski definition) is 6. The van der Waals surface area contributed by atoms with E-state index in [0.717, 1.165) is 12.8 Å². The fourth-order valence-corrected chi connectivity index (χ4v) is 3.41. The smallest absolute Gasteiger partial charge is 0.328 e. The Morgan fingerprint density at radius 2 is 2.17 bits per heavy atom. The Balaban J connectivity index is 2.06. The van der Waals surface area contributed by atoms with Crippen LogP contribution in [0.2, 0.25) is 0 Å². The van der Waals surface area contributed by atoms with E-state index in [1.54, 1.807) is 6.92 Å². The predicted molar refractivity (Wildman–Crippen MR) is 80.4 cm³/mol. The van der Waals surface area contributed by atoms with Gasteiger partial charge in [-0.2, -0.15) is 0 Å². The van der Waals surface area contributed by atoms with Crippen LogP contribution in [0.1, 0.15) is 30.9 Å². The van der Waals surface area contributed by atoms with Gasteiger partial charge in [0, 0.05) is 18.4 Å². The minimum absolute atomic E-state index is 0.316. The van der Waals surface area contributed by atoms with E-state index < -0.39 is 35.6 Å². The predicted octanol–water partition coefficient (Wildman–Crippen LogP) is -0.924. The fourth-order valence-electron chi connectivity index (χ4n) is 3.41. The monoisotopic (exact) mass is 326 g/mol. The Labute approximate surface area is 132 Å². The van der Waals surface area contributed by atoms with Gasteiger partial charge in [0.15, 0.2) is 0 Å². The van der Waals surface area contributed by atoms with Crippen molar-refractivity contribution >= 4 is 0 Å². The number of ether oxygens (including phenoxy) is 2. The molecule has 128 valence electrons. The molecule has 2 fully saturated rings. The lowest BCUT2D eigenvalue weighted by atomic mass is 9.88. The summed E-state index contributed by atoms with van der Waals surface area (Å²) in [5.41, 5.74) is -0.584. The number of rotatable bonds is 2. The van der Waals surface area contributed by atoms with Gasteiger partial charge in [-0.15, -0.1) is 0 Å². The van der Waals surface area contributed by atoms with E-state index in [4.69, 9.17) is 9.47 Å². The van der Waals surface area contributed by atoms with E-state index in [1.165, 1.54) is 10.8 Å². The van der Waals surface area contributed by atoms with E-state index >= 15 is 0 Å². The number of nitrogens with one attached hydrogen (secondary N) is 1. The highest BCUT2D eigenvalue weighted by atomic mass is 16.6. The van der Waals surface area contributed by atoms with Crippen molar-refractivity contribution < 1.29 is 19.7 Å². The summed E-state index contributed by atoms with van der Waals surface area (Å²) < 4.78 is 13.0. The quantitative estimate of drug-likeness (QED) is 0.647. The minimum atomic E-state index is -1.04. The molecular weight excluding hydrogens is 304 g/mol. The lowest BCUT2D eigenvalue weighted by molar-refractivity contribution is -0.224. The van der Waals surface area contributed by atoms with Crippen molar-refractivity contribution in [2.75, 3.05) is 13.2 Å². The summed E-state index contributed by atoms with van der Waals surface area (Å²) in [5, 5.41) is 19.9. The molecule has 0 aliphatic carbocycles. The third-order valence-electron chi connectivity index (χ3n) is 4.62. The van der Waals surface area contributed by atoms with Crippen molar-refractivity contribution in [2.24, 2.45) is 0 Å². The average molecular weight is 326 g/mol. The van der Waals surface area contributed by atoms with Crippen molar-refractivity contribution in [1.82, 2.24) is 9.55 Å². The van der Waals surface area contributed by atoms with E-state index in [9.17, 15) is 19.8 Å². The summed E-state index contributed by atoms with van der Waals surface area (Å²) >= 11 is 0. The Hall–Kier alpha value is -1.48. The Kier molecular flexibility index (Phi) is 4.67. The van der Waals surface area contributed by atoms with Crippen LogP contribution in [0.15, 0.2) is 15.8 Å². The molecule has 8 nitrogen and oxygen atoms in total. The molecule has 8 heteroatoms. The topological polar surface area (TPSA) is 114 Å². The number of aromatic amines is 1. The number of aliphatic hydroxyl groups is 2. The second-order valence-corrected chi connectivity index (χ2v) is 6.19. The third kappa shape index (κ3) is 2.99. The summed E-state index contributed by atoms with van der Waals surface area (Å²) in [5.74, 6) is 0. The summed E-state index contributed by atoms with van der Waals surface area (Å²) in [7, 11) is 0. The van der Waals surface area contributed by atoms with Crippen molar-refractivity contribution in [2.45, 2.75) is 56.6 Å². The van der Waals surface area contributed by atoms with Crippen LogP contribution in [0, 0.1) is 6.92 Å². The Morgan fingerprint density at radius 3 is 2.91 bits per heavy atom. The molecule has 2 unspecified atom stereocenters. The molecule has 2 aliphatic heterocycles. The lowest BCUT2D eigenvalue weighted by Gasteiger charge is -2.46. The van der Waals surface area contributed by atoms with Crippen LogP contribution >= 0.6 is 0 Å². The van der Waals surface area contributed by atoms with Gasteiger partial charge in [-0.25, -0.2) is 4.79 Å². The van der Waals surface area contributed by atoms with Gasteiger partial charge in [-0.1, -0.05) is 0 Å². The molecule has 1 aromatic heterocycles. The van der Waals surface area contributed by atoms with Crippen LogP contribution in [0.5, 0.6) is 0 Å². The standard InChI is InChI=1S/C15H22N2O6/c1-8-6-17(15(21)16-14(8)20)11-9-4-2-3-5-22-13(11)12(19)10(7-18)23-9/h6,9-13,18-19H,2-5,7H2,1H3,(H,16,20,21)/t9?,10-,11-,12?,13-/m1/s1. The van der Waals surface area contributed by atoms with Crippen molar-refractivity contribution in [1.29, 1.82) is 0 Å². The van der Waals surface area contributed by atoms with Gasteiger partial charge in [-0.3, -0.25) is 14.3 Å². The van der Waals surface area contributed by atoms with Crippen LogP contribution in [0.3, 0.4) is 0 Å². The number of fused-ring (bicyclic) bond motifs is 2. The zero-order valence-corrected chi connectivity index (χ0v) is 13.0. The first kappa shape index (κ1) is 16.4. The zero-order chi connectivity index (χ0) is 16.6. The fraction of sp³-hybridized carbons (Fsp3) is 0.733. The molecule has 23 heavy (non-hydrogen) atoms. The first-order valence-electron chi connectivity index (χ1n) is 7.91. The van der Waals surface area contributed by atoms with Crippen LogP contribution in [-0.2, 0) is 9.47 Å². The van der Waals surface area contributed by atoms with Crippen molar-refractivity contribution in [3.05, 3.63) is 32.6 Å².